The van der Waals surface area contributed by atoms with E-state index in [4.69, 9.17) is 0 Å². The molecular formula is C15H19Br2NO2. The fourth-order valence-corrected chi connectivity index (χ4v) is 3.59. The van der Waals surface area contributed by atoms with Gasteiger partial charge in [-0.05, 0) is 52.9 Å². The smallest absolute Gasteiger partial charge is 0.252 e. The van der Waals surface area contributed by atoms with Gasteiger partial charge in [-0.15, -0.1) is 0 Å². The summed E-state index contributed by atoms with van der Waals surface area (Å²) in [6, 6.07) is 5.47. The molecular weight excluding hydrogens is 386 g/mol. The minimum absolute atomic E-state index is 0.162. The first-order valence-corrected chi connectivity index (χ1v) is 8.44. The lowest BCUT2D eigenvalue weighted by atomic mass is 9.79. The number of hydrogen-bond donors (Lipinski definition) is 2. The number of hydrogen-bond acceptors (Lipinski definition) is 2. The summed E-state index contributed by atoms with van der Waals surface area (Å²) in [6.45, 7) is 2.46. The minimum atomic E-state index is -0.758. The zero-order valence-electron chi connectivity index (χ0n) is 11.5. The quantitative estimate of drug-likeness (QED) is 0.802. The van der Waals surface area contributed by atoms with Crippen molar-refractivity contribution in [2.24, 2.45) is 5.92 Å². The van der Waals surface area contributed by atoms with Gasteiger partial charge >= 0.3 is 0 Å². The van der Waals surface area contributed by atoms with Crippen LogP contribution in [0.15, 0.2) is 27.1 Å². The molecule has 2 atom stereocenters. The number of aliphatic hydroxyl groups is 1. The van der Waals surface area contributed by atoms with E-state index in [0.717, 1.165) is 34.6 Å². The Balaban J connectivity index is 1.99. The van der Waals surface area contributed by atoms with Gasteiger partial charge in [-0.25, -0.2) is 0 Å². The lowest BCUT2D eigenvalue weighted by molar-refractivity contribution is -0.0109. The van der Waals surface area contributed by atoms with Crippen molar-refractivity contribution in [1.29, 1.82) is 0 Å². The van der Waals surface area contributed by atoms with Gasteiger partial charge in [0.05, 0.1) is 11.2 Å². The molecule has 0 heterocycles. The maximum atomic E-state index is 12.2. The molecule has 0 aromatic heterocycles. The topological polar surface area (TPSA) is 49.3 Å². The van der Waals surface area contributed by atoms with Crippen LogP contribution < -0.4 is 5.32 Å². The number of halogens is 2. The summed E-state index contributed by atoms with van der Waals surface area (Å²) in [5.41, 5.74) is -0.182. The lowest BCUT2D eigenvalue weighted by Crippen LogP contribution is -2.45. The standard InChI is InChI=1S/C15H19Br2NO2/c1-10-3-2-6-15(20,8-10)9-18-14(19)12-7-11(16)4-5-13(12)17/h4-5,7,10,20H,2-3,6,8-9H2,1H3,(H,18,19). The molecule has 1 fully saturated rings. The third kappa shape index (κ3) is 4.06. The molecule has 0 spiro atoms. The molecule has 110 valence electrons. The summed E-state index contributed by atoms with van der Waals surface area (Å²) in [5, 5.41) is 13.4. The van der Waals surface area contributed by atoms with Crippen molar-refractivity contribution in [3.05, 3.63) is 32.7 Å². The largest absolute Gasteiger partial charge is 0.388 e. The average molecular weight is 405 g/mol. The van der Waals surface area contributed by atoms with E-state index in [1.54, 1.807) is 6.07 Å². The Kier molecular flexibility index (Phi) is 5.26. The molecule has 2 rings (SSSR count). The molecule has 2 N–H and O–H groups in total. The normalized spacial score (nSPS) is 26.3. The predicted molar refractivity (Wildman–Crippen MR) is 86.8 cm³/mol. The van der Waals surface area contributed by atoms with E-state index in [0.29, 0.717) is 18.0 Å². The van der Waals surface area contributed by atoms with E-state index in [-0.39, 0.29) is 5.91 Å². The van der Waals surface area contributed by atoms with Crippen LogP contribution in [0.3, 0.4) is 0 Å². The number of carbonyl (C=O) groups excluding carboxylic acids is 1. The van der Waals surface area contributed by atoms with Crippen LogP contribution >= 0.6 is 31.9 Å². The third-order valence-electron chi connectivity index (χ3n) is 3.82. The molecule has 1 aliphatic rings. The molecule has 0 bridgehead atoms. The molecule has 20 heavy (non-hydrogen) atoms. The molecule has 1 saturated carbocycles. The number of nitrogens with one attached hydrogen (secondary N) is 1. The maximum Gasteiger partial charge on any atom is 0.252 e. The highest BCUT2D eigenvalue weighted by atomic mass is 79.9. The molecule has 0 radical (unpaired) electrons. The van der Waals surface area contributed by atoms with Gasteiger partial charge < -0.3 is 10.4 Å². The highest BCUT2D eigenvalue weighted by Crippen LogP contribution is 2.31. The highest BCUT2D eigenvalue weighted by molar-refractivity contribution is 9.11. The second-order valence-electron chi connectivity index (χ2n) is 5.73. The fourth-order valence-electron chi connectivity index (χ4n) is 2.80. The first-order chi connectivity index (χ1) is 9.39. The number of benzene rings is 1. The molecule has 2 unspecified atom stereocenters. The monoisotopic (exact) mass is 403 g/mol. The summed E-state index contributed by atoms with van der Waals surface area (Å²) in [7, 11) is 0. The molecule has 0 aliphatic heterocycles. The van der Waals surface area contributed by atoms with E-state index in [1.807, 2.05) is 12.1 Å². The number of carbonyl (C=O) groups is 1. The summed E-state index contributed by atoms with van der Waals surface area (Å²) in [4.78, 5) is 12.2. The predicted octanol–water partition coefficient (Wildman–Crippen LogP) is 3.88. The van der Waals surface area contributed by atoms with Crippen molar-refractivity contribution in [1.82, 2.24) is 5.32 Å². The Morgan fingerprint density at radius 1 is 1.50 bits per heavy atom. The second-order valence-corrected chi connectivity index (χ2v) is 7.50. The summed E-state index contributed by atoms with van der Waals surface area (Å²) >= 11 is 6.74. The Hall–Kier alpha value is -0.390. The molecule has 1 aromatic carbocycles. The van der Waals surface area contributed by atoms with Gasteiger partial charge in [-0.1, -0.05) is 35.7 Å². The van der Waals surface area contributed by atoms with Gasteiger partial charge in [-0.3, -0.25) is 4.79 Å². The number of amides is 1. The average Bonchev–Trinajstić information content (AvgIpc) is 2.39. The summed E-state index contributed by atoms with van der Waals surface area (Å²) in [6.07, 6.45) is 3.70. The summed E-state index contributed by atoms with van der Waals surface area (Å²) in [5.74, 6) is 0.355. The van der Waals surface area contributed by atoms with E-state index in [2.05, 4.69) is 44.1 Å². The van der Waals surface area contributed by atoms with Crippen LogP contribution in [0.25, 0.3) is 0 Å². The van der Waals surface area contributed by atoms with E-state index in [1.165, 1.54) is 0 Å². The van der Waals surface area contributed by atoms with Crippen molar-refractivity contribution in [2.75, 3.05) is 6.54 Å². The first kappa shape index (κ1) is 16.0. The van der Waals surface area contributed by atoms with E-state index < -0.39 is 5.60 Å². The number of rotatable bonds is 3. The molecule has 1 amide bonds. The van der Waals surface area contributed by atoms with E-state index in [9.17, 15) is 9.90 Å². The molecule has 0 saturated heterocycles. The molecule has 3 nitrogen and oxygen atoms in total. The van der Waals surface area contributed by atoms with Crippen molar-refractivity contribution in [2.45, 2.75) is 38.2 Å². The highest BCUT2D eigenvalue weighted by Gasteiger charge is 2.33. The third-order valence-corrected chi connectivity index (χ3v) is 5.00. The minimum Gasteiger partial charge on any atom is -0.388 e. The zero-order chi connectivity index (χ0) is 14.8. The molecule has 1 aromatic rings. The van der Waals surface area contributed by atoms with Crippen LogP contribution in [-0.2, 0) is 0 Å². The van der Waals surface area contributed by atoms with Crippen LogP contribution in [0, 0.1) is 5.92 Å². The Morgan fingerprint density at radius 3 is 2.95 bits per heavy atom. The zero-order valence-corrected chi connectivity index (χ0v) is 14.6. The van der Waals surface area contributed by atoms with Gasteiger partial charge in [0, 0.05) is 15.5 Å². The van der Waals surface area contributed by atoms with Gasteiger partial charge in [0.2, 0.25) is 0 Å². The Labute approximate surface area is 136 Å². The Bertz CT molecular complexity index is 507. The van der Waals surface area contributed by atoms with Crippen molar-refractivity contribution < 1.29 is 9.90 Å². The van der Waals surface area contributed by atoms with Gasteiger partial charge in [-0.2, -0.15) is 0 Å². The first-order valence-electron chi connectivity index (χ1n) is 6.85. The maximum absolute atomic E-state index is 12.2. The van der Waals surface area contributed by atoms with Crippen LogP contribution in [-0.4, -0.2) is 23.2 Å². The molecule has 1 aliphatic carbocycles. The second kappa shape index (κ2) is 6.58. The van der Waals surface area contributed by atoms with Crippen LogP contribution in [0.4, 0.5) is 0 Å². The summed E-state index contributed by atoms with van der Waals surface area (Å²) < 4.78 is 1.61. The molecule has 5 heteroatoms. The SMILES string of the molecule is CC1CCCC(O)(CNC(=O)c2cc(Br)ccc2Br)C1. The fraction of sp³-hybridized carbons (Fsp3) is 0.533. The van der Waals surface area contributed by atoms with Crippen molar-refractivity contribution in [3.63, 3.8) is 0 Å². The lowest BCUT2D eigenvalue weighted by Gasteiger charge is -2.35. The van der Waals surface area contributed by atoms with Gasteiger partial charge in [0.15, 0.2) is 0 Å². The van der Waals surface area contributed by atoms with Crippen LogP contribution in [0.2, 0.25) is 0 Å². The van der Waals surface area contributed by atoms with Crippen LogP contribution in [0.1, 0.15) is 43.0 Å². The van der Waals surface area contributed by atoms with Crippen molar-refractivity contribution >= 4 is 37.8 Å². The Morgan fingerprint density at radius 2 is 2.25 bits per heavy atom. The van der Waals surface area contributed by atoms with E-state index >= 15 is 0 Å². The van der Waals surface area contributed by atoms with Crippen molar-refractivity contribution in [3.8, 4) is 0 Å². The van der Waals surface area contributed by atoms with Gasteiger partial charge in [0.1, 0.15) is 0 Å². The van der Waals surface area contributed by atoms with Crippen LogP contribution in [0.5, 0.6) is 0 Å². The van der Waals surface area contributed by atoms with Gasteiger partial charge in [0.25, 0.3) is 5.91 Å².